The van der Waals surface area contributed by atoms with Gasteiger partial charge in [-0.25, -0.2) is 4.99 Å². The number of aliphatic carboxylic acids is 1. The Morgan fingerprint density at radius 2 is 2.22 bits per heavy atom. The maximum atomic E-state index is 12.3. The predicted molar refractivity (Wildman–Crippen MR) is 83.9 cm³/mol. The molecule has 8 heteroatoms. The maximum absolute atomic E-state index is 12.3. The first-order valence-electron chi connectivity index (χ1n) is 6.76. The summed E-state index contributed by atoms with van der Waals surface area (Å²) in [5, 5.41) is 22.2. The van der Waals surface area contributed by atoms with Crippen LogP contribution in [0.5, 0.6) is 5.88 Å². The molecule has 0 saturated heterocycles. The summed E-state index contributed by atoms with van der Waals surface area (Å²) in [5.41, 5.74) is 1.16. The lowest BCUT2D eigenvalue weighted by Crippen LogP contribution is -2.25. The molecule has 23 heavy (non-hydrogen) atoms. The number of carbonyl (C=O) groups excluding carboxylic acids is 2. The number of carboxylic acid groups (broad SMARTS) is 1. The molecule has 6 nitrogen and oxygen atoms in total. The molecule has 1 N–H and O–H groups in total. The van der Waals surface area contributed by atoms with Gasteiger partial charge < -0.3 is 15.0 Å². The number of aromatic hydroxyl groups is 1. The van der Waals surface area contributed by atoms with Crippen LogP contribution in [0.15, 0.2) is 23.2 Å². The van der Waals surface area contributed by atoms with Gasteiger partial charge in [-0.1, -0.05) is 18.2 Å². The molecule has 0 unspecified atom stereocenters. The summed E-state index contributed by atoms with van der Waals surface area (Å²) >= 11 is 6.22. The minimum Gasteiger partial charge on any atom is -0.550 e. The molecule has 1 aromatic heterocycles. The number of carboxylic acids is 1. The van der Waals surface area contributed by atoms with Gasteiger partial charge in [0.15, 0.2) is 3.95 Å². The van der Waals surface area contributed by atoms with Crippen LogP contribution < -0.4 is 15.7 Å². The molecule has 2 heterocycles. The van der Waals surface area contributed by atoms with Gasteiger partial charge >= 0.3 is 0 Å². The van der Waals surface area contributed by atoms with Crippen LogP contribution >= 0.6 is 23.6 Å². The van der Waals surface area contributed by atoms with Crippen LogP contribution in [0.2, 0.25) is 0 Å². The zero-order valence-corrected chi connectivity index (χ0v) is 13.7. The van der Waals surface area contributed by atoms with Gasteiger partial charge in [0.25, 0.3) is 5.91 Å². The second kappa shape index (κ2) is 5.71. The van der Waals surface area contributed by atoms with E-state index in [0.29, 0.717) is 25.0 Å². The monoisotopic (exact) mass is 347 g/mol. The van der Waals surface area contributed by atoms with Crippen LogP contribution in [0.3, 0.4) is 0 Å². The number of aromatic nitrogens is 1. The summed E-state index contributed by atoms with van der Waals surface area (Å²) in [6, 6.07) is 5.43. The molecule has 0 fully saturated rings. The van der Waals surface area contributed by atoms with Crippen LogP contribution in [-0.2, 0) is 16.1 Å². The first-order chi connectivity index (χ1) is 10.9. The van der Waals surface area contributed by atoms with Crippen molar-refractivity contribution < 1.29 is 19.8 Å². The molecule has 2 aromatic rings. The number of para-hydroxylation sites is 1. The molecule has 0 bridgehead atoms. The van der Waals surface area contributed by atoms with Crippen LogP contribution in [0.25, 0.3) is 5.57 Å². The van der Waals surface area contributed by atoms with Crippen molar-refractivity contribution in [2.45, 2.75) is 19.9 Å². The lowest BCUT2D eigenvalue weighted by Gasteiger charge is -2.05. The Morgan fingerprint density at radius 3 is 2.91 bits per heavy atom. The first kappa shape index (κ1) is 15.6. The van der Waals surface area contributed by atoms with E-state index in [-0.39, 0.29) is 18.8 Å². The minimum absolute atomic E-state index is 0.0111. The zero-order valence-electron chi connectivity index (χ0n) is 12.0. The summed E-state index contributed by atoms with van der Waals surface area (Å²) in [5.74, 6) is -1.89. The smallest absolute Gasteiger partial charge is 0.279 e. The lowest BCUT2D eigenvalue weighted by molar-refractivity contribution is -0.305. The quantitative estimate of drug-likeness (QED) is 0.773. The molecule has 0 spiro atoms. The van der Waals surface area contributed by atoms with Crippen molar-refractivity contribution in [3.63, 3.8) is 0 Å². The van der Waals surface area contributed by atoms with Crippen LogP contribution in [0.4, 0.5) is 0 Å². The normalized spacial score (nSPS) is 13.1. The summed E-state index contributed by atoms with van der Waals surface area (Å²) in [4.78, 5) is 27.2. The Hall–Kier alpha value is -2.32. The number of amides is 1. The van der Waals surface area contributed by atoms with E-state index in [1.165, 1.54) is 4.57 Å². The topological polar surface area (TPSA) is 94.7 Å². The number of nitrogens with zero attached hydrogens (tertiary/aromatic N) is 2. The third-order valence-corrected chi connectivity index (χ3v) is 5.03. The van der Waals surface area contributed by atoms with Gasteiger partial charge in [0.2, 0.25) is 5.88 Å². The first-order valence-corrected chi connectivity index (χ1v) is 7.98. The fourth-order valence-corrected chi connectivity index (χ4v) is 3.85. The van der Waals surface area contributed by atoms with Gasteiger partial charge in [-0.2, -0.15) is 0 Å². The van der Waals surface area contributed by atoms with Crippen molar-refractivity contribution in [1.82, 2.24) is 4.57 Å². The van der Waals surface area contributed by atoms with Crippen LogP contribution in [0.1, 0.15) is 16.9 Å². The van der Waals surface area contributed by atoms with Crippen molar-refractivity contribution in [2.24, 2.45) is 4.99 Å². The summed E-state index contributed by atoms with van der Waals surface area (Å²) in [6.07, 6.45) is -0.276. The summed E-state index contributed by atoms with van der Waals surface area (Å²) < 4.78 is 1.58. The largest absolute Gasteiger partial charge is 0.550 e. The van der Waals surface area contributed by atoms with Crippen LogP contribution in [-0.4, -0.2) is 21.6 Å². The average Bonchev–Trinajstić information content (AvgIpc) is 2.95. The number of benzene rings is 1. The molecule has 1 aromatic carbocycles. The number of thiazole rings is 1. The summed E-state index contributed by atoms with van der Waals surface area (Å²) in [7, 11) is 0. The number of carbonyl (C=O) groups is 2. The van der Waals surface area contributed by atoms with E-state index in [0.717, 1.165) is 16.9 Å². The van der Waals surface area contributed by atoms with E-state index in [4.69, 9.17) is 12.2 Å². The molecule has 118 valence electrons. The molecular weight excluding hydrogens is 336 g/mol. The highest BCUT2D eigenvalue weighted by Crippen LogP contribution is 2.32. The fourth-order valence-electron chi connectivity index (χ4n) is 2.46. The third-order valence-electron chi connectivity index (χ3n) is 3.57. The number of rotatable bonds is 4. The Kier molecular flexibility index (Phi) is 3.87. The van der Waals surface area contributed by atoms with Crippen LogP contribution in [0, 0.1) is 10.9 Å². The molecule has 0 aliphatic carbocycles. The Bertz CT molecular complexity index is 1020. The van der Waals surface area contributed by atoms with E-state index >= 15 is 0 Å². The highest BCUT2D eigenvalue weighted by molar-refractivity contribution is 7.73. The van der Waals surface area contributed by atoms with Gasteiger partial charge in [0, 0.05) is 24.2 Å². The maximum Gasteiger partial charge on any atom is 0.279 e. The second-order valence-corrected chi connectivity index (χ2v) is 6.70. The predicted octanol–water partition coefficient (Wildman–Crippen LogP) is -0.208. The molecule has 1 aliphatic heterocycles. The number of aryl methyl sites for hydroxylation is 1. The molecular formula is C15H11N2O4S2-. The van der Waals surface area contributed by atoms with E-state index in [1.807, 2.05) is 19.1 Å². The van der Waals surface area contributed by atoms with Crippen molar-refractivity contribution in [3.05, 3.63) is 43.2 Å². The zero-order chi connectivity index (χ0) is 16.7. The fraction of sp³-hybridized carbons (Fsp3) is 0.200. The number of fused-ring (bicyclic) bond motifs is 1. The molecule has 0 saturated carbocycles. The van der Waals surface area contributed by atoms with Crippen molar-refractivity contribution >= 4 is 41.0 Å². The van der Waals surface area contributed by atoms with Gasteiger partial charge in [-0.15, -0.1) is 11.3 Å². The third kappa shape index (κ3) is 2.60. The minimum atomic E-state index is -1.24. The Morgan fingerprint density at radius 1 is 1.48 bits per heavy atom. The van der Waals surface area contributed by atoms with E-state index < -0.39 is 11.9 Å². The Labute approximate surface area is 139 Å². The molecule has 3 rings (SSSR count). The van der Waals surface area contributed by atoms with E-state index in [9.17, 15) is 19.8 Å². The van der Waals surface area contributed by atoms with Crippen molar-refractivity contribution in [2.75, 3.05) is 0 Å². The highest BCUT2D eigenvalue weighted by atomic mass is 32.1. The van der Waals surface area contributed by atoms with E-state index in [2.05, 4.69) is 4.99 Å². The van der Waals surface area contributed by atoms with Gasteiger partial charge in [-0.3, -0.25) is 9.36 Å². The molecule has 1 amide bonds. The average molecular weight is 347 g/mol. The SMILES string of the molecule is Cc1cccc2c1=NC(=O)C=2c1sc(=S)n(CCC(=O)[O-])c1O. The van der Waals surface area contributed by atoms with Crippen molar-refractivity contribution in [3.8, 4) is 5.88 Å². The Balaban J connectivity index is 2.21. The summed E-state index contributed by atoms with van der Waals surface area (Å²) in [6.45, 7) is 1.84. The van der Waals surface area contributed by atoms with Gasteiger partial charge in [0.1, 0.15) is 4.88 Å². The lowest BCUT2D eigenvalue weighted by atomic mass is 10.1. The second-order valence-electron chi connectivity index (χ2n) is 5.06. The highest BCUT2D eigenvalue weighted by Gasteiger charge is 2.25. The number of hydrogen-bond acceptors (Lipinski definition) is 6. The van der Waals surface area contributed by atoms with E-state index in [1.54, 1.807) is 6.07 Å². The van der Waals surface area contributed by atoms with Gasteiger partial charge in [-0.05, 0) is 24.7 Å². The van der Waals surface area contributed by atoms with Crippen molar-refractivity contribution in [1.29, 1.82) is 0 Å². The number of hydrogen-bond donors (Lipinski definition) is 1. The standard InChI is InChI=1S/C15H12N2O4S2/c1-7-3-2-4-8-10(13(20)16-11(7)8)12-14(21)17(15(22)23-12)6-5-9(18)19/h2-4,21H,5-6H2,1H3,(H,18,19)/p-1. The molecule has 0 radical (unpaired) electrons. The van der Waals surface area contributed by atoms with Gasteiger partial charge in [0.05, 0.1) is 10.9 Å². The molecule has 0 atom stereocenters. The molecule has 1 aliphatic rings.